The predicted octanol–water partition coefficient (Wildman–Crippen LogP) is 6.00. The first kappa shape index (κ1) is 25.1. The normalized spacial score (nSPS) is 15.6. The van der Waals surface area contributed by atoms with E-state index in [1.54, 1.807) is 5.06 Å². The van der Waals surface area contributed by atoms with Gasteiger partial charge in [-0.1, -0.05) is 32.9 Å². The molecule has 0 unspecified atom stereocenters. The van der Waals surface area contributed by atoms with Crippen LogP contribution in [0.25, 0.3) is 0 Å². The second kappa shape index (κ2) is 9.73. The quantitative estimate of drug-likeness (QED) is 0.303. The van der Waals surface area contributed by atoms with Crippen molar-refractivity contribution in [1.82, 2.24) is 5.06 Å². The SMILES string of the molecule is CCOP(=O)(OCC)[C@@H](N(O[C@@H](C)c1ccc(N)cc1)C(C)(C)C)C(C)(C)C. The Bertz CT molecular complexity index is 640. The Balaban J connectivity index is 3.39. The van der Waals surface area contributed by atoms with Crippen molar-refractivity contribution < 1.29 is 18.5 Å². The Kier molecular flexibility index (Phi) is 8.73. The Hall–Kier alpha value is -0.910. The summed E-state index contributed by atoms with van der Waals surface area (Å²) in [6.45, 7) is 18.4. The van der Waals surface area contributed by atoms with E-state index in [0.29, 0.717) is 18.9 Å². The molecule has 0 radical (unpaired) electrons. The molecular formula is C21H39N2O4P. The standard InChI is InChI=1S/C21H39N2O4P/c1-10-25-28(24,26-11-2)19(20(4,5)6)23(21(7,8)9)27-16(3)17-12-14-18(22)15-13-17/h12-16,19H,10-11,22H2,1-9H3/t16-,19+/m0/s1. The lowest BCUT2D eigenvalue weighted by atomic mass is 9.94. The summed E-state index contributed by atoms with van der Waals surface area (Å²) in [5.74, 6) is -0.587. The zero-order valence-electron chi connectivity index (χ0n) is 19.0. The van der Waals surface area contributed by atoms with Crippen molar-refractivity contribution in [2.45, 2.75) is 79.7 Å². The zero-order valence-corrected chi connectivity index (χ0v) is 19.9. The first-order valence-corrected chi connectivity index (χ1v) is 11.6. The molecule has 0 aromatic heterocycles. The van der Waals surface area contributed by atoms with Crippen LogP contribution in [0.15, 0.2) is 24.3 Å². The number of hydrogen-bond acceptors (Lipinski definition) is 6. The van der Waals surface area contributed by atoms with E-state index < -0.39 is 24.3 Å². The average molecular weight is 415 g/mol. The van der Waals surface area contributed by atoms with E-state index in [1.165, 1.54) is 0 Å². The third-order valence-electron chi connectivity index (χ3n) is 4.25. The molecule has 0 saturated carbocycles. The average Bonchev–Trinajstić information content (AvgIpc) is 2.53. The Morgan fingerprint density at radius 3 is 1.82 bits per heavy atom. The number of nitrogen functional groups attached to an aromatic ring is 1. The molecule has 1 aromatic carbocycles. The van der Waals surface area contributed by atoms with Gasteiger partial charge in [0.15, 0.2) is 0 Å². The van der Waals surface area contributed by atoms with Crippen molar-refractivity contribution >= 4 is 13.3 Å². The highest BCUT2D eigenvalue weighted by Crippen LogP contribution is 2.61. The smallest absolute Gasteiger partial charge is 0.350 e. The molecule has 0 aliphatic heterocycles. The number of nitrogens with zero attached hydrogens (tertiary/aromatic N) is 1. The molecule has 2 N–H and O–H groups in total. The number of rotatable bonds is 9. The lowest BCUT2D eigenvalue weighted by molar-refractivity contribution is -0.264. The van der Waals surface area contributed by atoms with Crippen molar-refractivity contribution in [3.63, 3.8) is 0 Å². The van der Waals surface area contributed by atoms with Crippen LogP contribution in [-0.2, 0) is 18.5 Å². The van der Waals surface area contributed by atoms with Gasteiger partial charge in [-0.05, 0) is 64.7 Å². The van der Waals surface area contributed by atoms with Gasteiger partial charge in [0.25, 0.3) is 0 Å². The Morgan fingerprint density at radius 1 is 1.00 bits per heavy atom. The van der Waals surface area contributed by atoms with Gasteiger partial charge in [0.2, 0.25) is 0 Å². The van der Waals surface area contributed by atoms with Gasteiger partial charge in [-0.2, -0.15) is 5.06 Å². The lowest BCUT2D eigenvalue weighted by Gasteiger charge is -2.48. The minimum absolute atomic E-state index is 0.263. The van der Waals surface area contributed by atoms with E-state index in [-0.39, 0.29) is 6.10 Å². The van der Waals surface area contributed by atoms with Gasteiger partial charge >= 0.3 is 7.60 Å². The zero-order chi connectivity index (χ0) is 21.8. The van der Waals surface area contributed by atoms with Crippen LogP contribution >= 0.6 is 7.60 Å². The number of anilines is 1. The second-order valence-electron chi connectivity index (χ2n) is 9.03. The minimum atomic E-state index is -3.48. The van der Waals surface area contributed by atoms with Gasteiger partial charge in [0.05, 0.1) is 13.2 Å². The molecule has 0 heterocycles. The maximum Gasteiger partial charge on any atom is 0.350 e. The maximum absolute atomic E-state index is 13.8. The molecular weight excluding hydrogens is 375 g/mol. The van der Waals surface area contributed by atoms with E-state index in [4.69, 9.17) is 19.6 Å². The Labute approximate surface area is 171 Å². The molecule has 0 aliphatic rings. The lowest BCUT2D eigenvalue weighted by Crippen LogP contribution is -2.53. The molecule has 0 bridgehead atoms. The largest absolute Gasteiger partial charge is 0.399 e. The van der Waals surface area contributed by atoms with Crippen LogP contribution in [0.4, 0.5) is 5.69 Å². The molecule has 2 atom stereocenters. The van der Waals surface area contributed by atoms with Gasteiger partial charge in [-0.25, -0.2) is 0 Å². The molecule has 28 heavy (non-hydrogen) atoms. The van der Waals surface area contributed by atoms with Crippen molar-refractivity contribution in [2.24, 2.45) is 5.41 Å². The maximum atomic E-state index is 13.8. The molecule has 7 heteroatoms. The van der Waals surface area contributed by atoms with Crippen LogP contribution in [0, 0.1) is 5.41 Å². The molecule has 0 fully saturated rings. The van der Waals surface area contributed by atoms with Crippen LogP contribution in [0.5, 0.6) is 0 Å². The van der Waals surface area contributed by atoms with Crippen LogP contribution in [0.2, 0.25) is 0 Å². The van der Waals surface area contributed by atoms with Crippen molar-refractivity contribution in [3.05, 3.63) is 29.8 Å². The summed E-state index contributed by atoms with van der Waals surface area (Å²) in [6.07, 6.45) is -0.263. The second-order valence-corrected chi connectivity index (χ2v) is 11.1. The molecule has 1 aromatic rings. The predicted molar refractivity (Wildman–Crippen MR) is 116 cm³/mol. The molecule has 0 spiro atoms. The van der Waals surface area contributed by atoms with Crippen LogP contribution < -0.4 is 5.73 Å². The van der Waals surface area contributed by atoms with E-state index in [0.717, 1.165) is 5.56 Å². The highest BCUT2D eigenvalue weighted by Gasteiger charge is 2.51. The summed E-state index contributed by atoms with van der Waals surface area (Å²) in [6, 6.07) is 7.58. The van der Waals surface area contributed by atoms with E-state index in [9.17, 15) is 4.57 Å². The minimum Gasteiger partial charge on any atom is -0.399 e. The van der Waals surface area contributed by atoms with Gasteiger partial charge in [0.1, 0.15) is 11.9 Å². The molecule has 0 saturated heterocycles. The fraction of sp³-hybridized carbons (Fsp3) is 0.714. The first-order chi connectivity index (χ1) is 12.8. The van der Waals surface area contributed by atoms with E-state index in [1.807, 2.05) is 86.6 Å². The van der Waals surface area contributed by atoms with E-state index >= 15 is 0 Å². The van der Waals surface area contributed by atoms with Crippen LogP contribution in [0.3, 0.4) is 0 Å². The van der Waals surface area contributed by atoms with Crippen molar-refractivity contribution in [1.29, 1.82) is 0 Å². The van der Waals surface area contributed by atoms with Crippen LogP contribution in [0.1, 0.15) is 74.0 Å². The number of hydroxylamine groups is 2. The highest BCUT2D eigenvalue weighted by atomic mass is 31.2. The summed E-state index contributed by atoms with van der Waals surface area (Å²) in [7, 11) is -3.48. The fourth-order valence-corrected chi connectivity index (χ4v) is 5.76. The molecule has 1 rings (SSSR count). The molecule has 0 amide bonds. The van der Waals surface area contributed by atoms with Crippen molar-refractivity contribution in [2.75, 3.05) is 18.9 Å². The van der Waals surface area contributed by atoms with Gasteiger partial charge in [-0.15, -0.1) is 0 Å². The third kappa shape index (κ3) is 6.57. The summed E-state index contributed by atoms with van der Waals surface area (Å²) in [4.78, 5) is 6.43. The van der Waals surface area contributed by atoms with Gasteiger partial charge in [0, 0.05) is 11.2 Å². The molecule has 162 valence electrons. The van der Waals surface area contributed by atoms with Crippen LogP contribution in [-0.4, -0.2) is 29.6 Å². The Morgan fingerprint density at radius 2 is 1.46 bits per heavy atom. The number of hydrogen-bond donors (Lipinski definition) is 1. The highest BCUT2D eigenvalue weighted by molar-refractivity contribution is 7.54. The number of nitrogens with two attached hydrogens (primary N) is 1. The topological polar surface area (TPSA) is 74.0 Å². The van der Waals surface area contributed by atoms with Gasteiger partial charge in [-0.3, -0.25) is 9.40 Å². The summed E-state index contributed by atoms with van der Waals surface area (Å²) in [5, 5.41) is 1.81. The molecule has 0 aliphatic carbocycles. The van der Waals surface area contributed by atoms with Gasteiger partial charge < -0.3 is 14.8 Å². The monoisotopic (exact) mass is 414 g/mol. The first-order valence-electron chi connectivity index (χ1n) is 9.96. The molecule has 6 nitrogen and oxygen atoms in total. The van der Waals surface area contributed by atoms with E-state index in [2.05, 4.69) is 0 Å². The summed E-state index contributed by atoms with van der Waals surface area (Å²) < 4.78 is 25.3. The third-order valence-corrected chi connectivity index (χ3v) is 7.07. The van der Waals surface area contributed by atoms with Crippen molar-refractivity contribution in [3.8, 4) is 0 Å². The number of benzene rings is 1. The summed E-state index contributed by atoms with van der Waals surface area (Å²) in [5.41, 5.74) is 6.63. The fourth-order valence-electron chi connectivity index (χ4n) is 3.07. The summed E-state index contributed by atoms with van der Waals surface area (Å²) >= 11 is 0.